The number of aliphatic hydroxyl groups is 1. The highest BCUT2D eigenvalue weighted by atomic mass is 32.2. The smallest absolute Gasteiger partial charge is 0.128 e. The molecule has 2 nitrogen and oxygen atoms in total. The van der Waals surface area contributed by atoms with Crippen molar-refractivity contribution < 1.29 is 9.50 Å². The average Bonchev–Trinajstić information content (AvgIpc) is 2.38. The molecule has 1 aliphatic rings. The summed E-state index contributed by atoms with van der Waals surface area (Å²) in [6, 6.07) is 5.06. The van der Waals surface area contributed by atoms with E-state index in [2.05, 4.69) is 30.6 Å². The molecule has 2 rings (SSSR count). The molecular formula is C16H20FNOS. The summed E-state index contributed by atoms with van der Waals surface area (Å²) in [4.78, 5) is 2.31. The predicted molar refractivity (Wildman–Crippen MR) is 82.2 cm³/mol. The summed E-state index contributed by atoms with van der Waals surface area (Å²) < 4.78 is 14.1. The van der Waals surface area contributed by atoms with Gasteiger partial charge in [0, 0.05) is 41.3 Å². The molecule has 0 amide bonds. The highest BCUT2D eigenvalue weighted by Crippen LogP contribution is 2.26. The normalized spacial score (nSPS) is 23.2. The molecule has 0 saturated carbocycles. The average molecular weight is 293 g/mol. The molecule has 0 radical (unpaired) electrons. The number of thioether (sulfide) groups is 1. The van der Waals surface area contributed by atoms with Crippen LogP contribution in [0, 0.1) is 17.7 Å². The van der Waals surface area contributed by atoms with Crippen molar-refractivity contribution in [3.63, 3.8) is 0 Å². The van der Waals surface area contributed by atoms with Gasteiger partial charge in [0.1, 0.15) is 12.4 Å². The SMILES string of the molecule is CC1CN(Cc2ccc(C#CCO)cc2F)CC(C)S1. The number of hydrogen-bond donors (Lipinski definition) is 1. The van der Waals surface area contributed by atoms with Crippen molar-refractivity contribution in [1.82, 2.24) is 4.90 Å². The van der Waals surface area contributed by atoms with Crippen molar-refractivity contribution >= 4 is 11.8 Å². The first-order chi connectivity index (χ1) is 9.58. The summed E-state index contributed by atoms with van der Waals surface area (Å²) in [6.45, 7) is 6.88. The Morgan fingerprint density at radius 3 is 2.65 bits per heavy atom. The molecule has 1 aromatic rings. The fourth-order valence-electron chi connectivity index (χ4n) is 2.55. The van der Waals surface area contributed by atoms with E-state index in [0.29, 0.717) is 28.2 Å². The Kier molecular flexibility index (Phi) is 5.47. The summed E-state index contributed by atoms with van der Waals surface area (Å²) in [5.41, 5.74) is 1.32. The molecule has 108 valence electrons. The predicted octanol–water partition coefficient (Wildman–Crippen LogP) is 2.50. The van der Waals surface area contributed by atoms with Crippen LogP contribution in [0.5, 0.6) is 0 Å². The Morgan fingerprint density at radius 2 is 2.05 bits per heavy atom. The number of nitrogens with zero attached hydrogens (tertiary/aromatic N) is 1. The van der Waals surface area contributed by atoms with E-state index in [1.54, 1.807) is 6.07 Å². The highest BCUT2D eigenvalue weighted by Gasteiger charge is 2.22. The number of rotatable bonds is 2. The molecule has 2 unspecified atom stereocenters. The Labute approximate surface area is 124 Å². The Morgan fingerprint density at radius 1 is 1.35 bits per heavy atom. The van der Waals surface area contributed by atoms with E-state index >= 15 is 0 Å². The van der Waals surface area contributed by atoms with Gasteiger partial charge in [-0.1, -0.05) is 31.8 Å². The monoisotopic (exact) mass is 293 g/mol. The van der Waals surface area contributed by atoms with Gasteiger partial charge in [0.05, 0.1) is 0 Å². The maximum Gasteiger partial charge on any atom is 0.128 e. The third-order valence-corrected chi connectivity index (χ3v) is 4.48. The quantitative estimate of drug-likeness (QED) is 0.848. The lowest BCUT2D eigenvalue weighted by molar-refractivity contribution is 0.259. The lowest BCUT2D eigenvalue weighted by Crippen LogP contribution is -2.39. The molecule has 0 bridgehead atoms. The van der Waals surface area contributed by atoms with Crippen molar-refractivity contribution in [3.8, 4) is 11.8 Å². The van der Waals surface area contributed by atoms with Crippen molar-refractivity contribution in [1.29, 1.82) is 0 Å². The van der Waals surface area contributed by atoms with Gasteiger partial charge in [-0.25, -0.2) is 4.39 Å². The van der Waals surface area contributed by atoms with Crippen LogP contribution < -0.4 is 0 Å². The van der Waals surface area contributed by atoms with Crippen LogP contribution in [-0.4, -0.2) is 40.2 Å². The van der Waals surface area contributed by atoms with E-state index in [4.69, 9.17) is 5.11 Å². The zero-order valence-corrected chi connectivity index (χ0v) is 12.7. The topological polar surface area (TPSA) is 23.5 Å². The standard InChI is InChI=1S/C16H20FNOS/c1-12-9-18(10-13(2)20-12)11-15-6-5-14(4-3-7-19)8-16(15)17/h5-6,8,12-13,19H,7,9-11H2,1-2H3. The molecule has 0 spiro atoms. The molecule has 1 heterocycles. The summed E-state index contributed by atoms with van der Waals surface area (Å²) in [5, 5.41) is 9.83. The fourth-order valence-corrected chi connectivity index (χ4v) is 3.94. The molecule has 1 saturated heterocycles. The Balaban J connectivity index is 2.06. The first kappa shape index (κ1) is 15.4. The van der Waals surface area contributed by atoms with Crippen LogP contribution in [0.15, 0.2) is 18.2 Å². The zero-order valence-electron chi connectivity index (χ0n) is 11.9. The van der Waals surface area contributed by atoms with Crippen LogP contribution in [0.1, 0.15) is 25.0 Å². The molecule has 2 atom stereocenters. The van der Waals surface area contributed by atoms with Gasteiger partial charge in [-0.3, -0.25) is 4.90 Å². The lowest BCUT2D eigenvalue weighted by Gasteiger charge is -2.34. The maximum atomic E-state index is 14.1. The molecular weight excluding hydrogens is 273 g/mol. The van der Waals surface area contributed by atoms with Gasteiger partial charge in [0.15, 0.2) is 0 Å². The second kappa shape index (κ2) is 7.12. The van der Waals surface area contributed by atoms with Crippen molar-refractivity contribution in [2.75, 3.05) is 19.7 Å². The van der Waals surface area contributed by atoms with E-state index in [1.807, 2.05) is 17.8 Å². The highest BCUT2D eigenvalue weighted by molar-refractivity contribution is 8.00. The first-order valence-corrected chi connectivity index (χ1v) is 7.78. The lowest BCUT2D eigenvalue weighted by atomic mass is 10.1. The number of benzene rings is 1. The van der Waals surface area contributed by atoms with Crippen LogP contribution in [0.4, 0.5) is 4.39 Å². The van der Waals surface area contributed by atoms with E-state index < -0.39 is 0 Å². The second-order valence-corrected chi connectivity index (χ2v) is 7.10. The van der Waals surface area contributed by atoms with Crippen molar-refractivity contribution in [3.05, 3.63) is 35.1 Å². The minimum Gasteiger partial charge on any atom is -0.384 e. The Hall–Kier alpha value is -1.02. The summed E-state index contributed by atoms with van der Waals surface area (Å²) in [6.07, 6.45) is 0. The van der Waals surface area contributed by atoms with E-state index in [-0.39, 0.29) is 12.4 Å². The van der Waals surface area contributed by atoms with Crippen LogP contribution >= 0.6 is 11.8 Å². The van der Waals surface area contributed by atoms with Crippen molar-refractivity contribution in [2.45, 2.75) is 30.9 Å². The summed E-state index contributed by atoms with van der Waals surface area (Å²) >= 11 is 1.99. The zero-order chi connectivity index (χ0) is 14.5. The van der Waals surface area contributed by atoms with Gasteiger partial charge in [0.2, 0.25) is 0 Å². The number of halogens is 1. The minimum absolute atomic E-state index is 0.204. The number of hydrogen-bond acceptors (Lipinski definition) is 3. The summed E-state index contributed by atoms with van der Waals surface area (Å²) in [5.74, 6) is 5.04. The van der Waals surface area contributed by atoms with E-state index in [0.717, 1.165) is 13.1 Å². The van der Waals surface area contributed by atoms with Crippen LogP contribution in [-0.2, 0) is 6.54 Å². The van der Waals surface area contributed by atoms with Gasteiger partial charge in [-0.2, -0.15) is 11.8 Å². The molecule has 0 aliphatic carbocycles. The minimum atomic E-state index is -0.215. The largest absolute Gasteiger partial charge is 0.384 e. The fraction of sp³-hybridized carbons (Fsp3) is 0.500. The molecule has 20 heavy (non-hydrogen) atoms. The van der Waals surface area contributed by atoms with E-state index in [1.165, 1.54) is 6.07 Å². The molecule has 0 aromatic heterocycles. The Bertz CT molecular complexity index is 513. The van der Waals surface area contributed by atoms with Gasteiger partial charge >= 0.3 is 0 Å². The number of aliphatic hydroxyl groups excluding tert-OH is 1. The van der Waals surface area contributed by atoms with Gasteiger partial charge < -0.3 is 5.11 Å². The molecule has 4 heteroatoms. The maximum absolute atomic E-state index is 14.1. The van der Waals surface area contributed by atoms with Crippen molar-refractivity contribution in [2.24, 2.45) is 0 Å². The molecule has 1 aliphatic heterocycles. The van der Waals surface area contributed by atoms with Gasteiger partial charge in [-0.15, -0.1) is 0 Å². The van der Waals surface area contributed by atoms with Gasteiger partial charge in [0.25, 0.3) is 0 Å². The molecule has 1 aromatic carbocycles. The van der Waals surface area contributed by atoms with Crippen LogP contribution in [0.2, 0.25) is 0 Å². The molecule has 1 fully saturated rings. The first-order valence-electron chi connectivity index (χ1n) is 6.84. The second-order valence-electron chi connectivity index (χ2n) is 5.22. The van der Waals surface area contributed by atoms with Crippen LogP contribution in [0.3, 0.4) is 0 Å². The molecule has 1 N–H and O–H groups in total. The van der Waals surface area contributed by atoms with Gasteiger partial charge in [-0.05, 0) is 12.1 Å². The van der Waals surface area contributed by atoms with E-state index in [9.17, 15) is 4.39 Å². The van der Waals surface area contributed by atoms with Crippen LogP contribution in [0.25, 0.3) is 0 Å². The third-order valence-electron chi connectivity index (χ3n) is 3.25. The third kappa shape index (κ3) is 4.24. The summed E-state index contributed by atoms with van der Waals surface area (Å²) in [7, 11) is 0.